The Morgan fingerprint density at radius 2 is 1.83 bits per heavy atom. The van der Waals surface area contributed by atoms with Gasteiger partial charge in [0.15, 0.2) is 0 Å². The molecule has 2 aromatic carbocycles. The average Bonchev–Trinajstić information content (AvgIpc) is 3.13. The number of fused-ring (bicyclic) bond motifs is 5. The van der Waals surface area contributed by atoms with Gasteiger partial charge in [0.05, 0.1) is 24.4 Å². The van der Waals surface area contributed by atoms with Crippen LogP contribution < -0.4 is 4.74 Å². The molecule has 154 valence electrons. The zero-order valence-corrected chi connectivity index (χ0v) is 18.1. The summed E-state index contributed by atoms with van der Waals surface area (Å²) in [5.74, 6) is 0.873. The lowest BCUT2D eigenvalue weighted by atomic mass is 9.73. The smallest absolute Gasteiger partial charge is 0.118 e. The molecule has 0 fully saturated rings. The normalized spacial score (nSPS) is 17.9. The highest BCUT2D eigenvalue weighted by atomic mass is 16.5. The van der Waals surface area contributed by atoms with E-state index in [1.165, 1.54) is 27.6 Å². The number of rotatable bonds is 4. The molecule has 1 unspecified atom stereocenters. The van der Waals surface area contributed by atoms with Crippen molar-refractivity contribution in [2.24, 2.45) is 5.41 Å². The molecule has 2 heterocycles. The molecule has 0 saturated heterocycles. The minimum absolute atomic E-state index is 0.0630. The molecule has 4 nitrogen and oxygen atoms in total. The largest absolute Gasteiger partial charge is 0.497 e. The number of aromatic amines is 1. The Labute approximate surface area is 177 Å². The van der Waals surface area contributed by atoms with Crippen LogP contribution in [0.25, 0.3) is 21.8 Å². The number of nitrogens with one attached hydrogen (secondary N) is 1. The van der Waals surface area contributed by atoms with Gasteiger partial charge in [-0.1, -0.05) is 44.2 Å². The van der Waals surface area contributed by atoms with Crippen LogP contribution in [0.1, 0.15) is 48.9 Å². The van der Waals surface area contributed by atoms with Gasteiger partial charge >= 0.3 is 0 Å². The zero-order valence-electron chi connectivity index (χ0n) is 18.1. The number of hydrogen-bond donors (Lipinski definition) is 1. The fraction of sp³-hybridized carbons (Fsp3) is 0.346. The molecule has 4 aromatic rings. The van der Waals surface area contributed by atoms with Gasteiger partial charge in [-0.15, -0.1) is 0 Å². The molecule has 0 aliphatic heterocycles. The van der Waals surface area contributed by atoms with Crippen LogP contribution in [0, 0.1) is 5.41 Å². The van der Waals surface area contributed by atoms with E-state index < -0.39 is 0 Å². The van der Waals surface area contributed by atoms with Crippen molar-refractivity contribution < 1.29 is 9.47 Å². The summed E-state index contributed by atoms with van der Waals surface area (Å²) in [5, 5.41) is 2.53. The molecule has 0 saturated carbocycles. The topological polar surface area (TPSA) is 47.1 Å². The second-order valence-corrected chi connectivity index (χ2v) is 9.13. The Balaban J connectivity index is 1.75. The van der Waals surface area contributed by atoms with E-state index in [1.54, 1.807) is 7.11 Å². The van der Waals surface area contributed by atoms with E-state index >= 15 is 0 Å². The molecule has 1 aliphatic carbocycles. The molecule has 1 atom stereocenters. The summed E-state index contributed by atoms with van der Waals surface area (Å²) < 4.78 is 11.3. The lowest BCUT2D eigenvalue weighted by Crippen LogP contribution is -2.28. The highest BCUT2D eigenvalue weighted by molar-refractivity contribution is 6.10. The summed E-state index contributed by atoms with van der Waals surface area (Å²) >= 11 is 0. The summed E-state index contributed by atoms with van der Waals surface area (Å²) in [6, 6.07) is 16.8. The van der Waals surface area contributed by atoms with Gasteiger partial charge in [0.1, 0.15) is 5.75 Å². The number of pyridine rings is 1. The summed E-state index contributed by atoms with van der Waals surface area (Å²) in [6.45, 7) is 4.62. The van der Waals surface area contributed by atoms with Crippen LogP contribution in [0.15, 0.2) is 48.5 Å². The van der Waals surface area contributed by atoms with Gasteiger partial charge in [-0.2, -0.15) is 0 Å². The number of nitrogens with zero attached hydrogens (tertiary/aromatic N) is 1. The van der Waals surface area contributed by atoms with Gasteiger partial charge in [0, 0.05) is 41.1 Å². The van der Waals surface area contributed by atoms with Gasteiger partial charge in [-0.25, -0.2) is 0 Å². The van der Waals surface area contributed by atoms with Crippen molar-refractivity contribution in [3.8, 4) is 5.75 Å². The molecule has 5 rings (SSSR count). The van der Waals surface area contributed by atoms with Gasteiger partial charge in [-0.05, 0) is 42.0 Å². The molecule has 2 aromatic heterocycles. The van der Waals surface area contributed by atoms with Gasteiger partial charge in [0.25, 0.3) is 0 Å². The van der Waals surface area contributed by atoms with Crippen LogP contribution in [0.4, 0.5) is 0 Å². The van der Waals surface area contributed by atoms with E-state index in [2.05, 4.69) is 55.2 Å². The highest BCUT2D eigenvalue weighted by Gasteiger charge is 2.36. The third-order valence-corrected chi connectivity index (χ3v) is 6.37. The van der Waals surface area contributed by atoms with E-state index in [1.807, 2.05) is 19.2 Å². The van der Waals surface area contributed by atoms with Crippen molar-refractivity contribution in [1.29, 1.82) is 0 Å². The van der Waals surface area contributed by atoms with Crippen molar-refractivity contribution in [3.63, 3.8) is 0 Å². The third-order valence-electron chi connectivity index (χ3n) is 6.37. The Hall–Kier alpha value is -2.85. The number of ether oxygens (including phenoxy) is 2. The van der Waals surface area contributed by atoms with E-state index in [9.17, 15) is 0 Å². The molecule has 30 heavy (non-hydrogen) atoms. The molecule has 0 radical (unpaired) electrons. The van der Waals surface area contributed by atoms with Crippen LogP contribution >= 0.6 is 0 Å². The van der Waals surface area contributed by atoms with Crippen molar-refractivity contribution in [3.05, 3.63) is 71.0 Å². The Morgan fingerprint density at radius 1 is 1.07 bits per heavy atom. The molecule has 4 heteroatoms. The maximum Gasteiger partial charge on any atom is 0.118 e. The Kier molecular flexibility index (Phi) is 4.55. The summed E-state index contributed by atoms with van der Waals surface area (Å²) in [4.78, 5) is 8.89. The molecule has 0 spiro atoms. The number of benzene rings is 2. The Bertz CT molecular complexity index is 1220. The first-order valence-corrected chi connectivity index (χ1v) is 10.6. The van der Waals surface area contributed by atoms with Gasteiger partial charge in [0.2, 0.25) is 0 Å². The fourth-order valence-electron chi connectivity index (χ4n) is 4.94. The lowest BCUT2D eigenvalue weighted by Gasteiger charge is -2.36. The summed E-state index contributed by atoms with van der Waals surface area (Å²) in [5.41, 5.74) is 7.21. The quantitative estimate of drug-likeness (QED) is 0.459. The minimum atomic E-state index is 0.0630. The molecule has 1 aliphatic rings. The van der Waals surface area contributed by atoms with E-state index in [0.717, 1.165) is 41.7 Å². The van der Waals surface area contributed by atoms with E-state index in [0.29, 0.717) is 0 Å². The summed E-state index contributed by atoms with van der Waals surface area (Å²) in [7, 11) is 3.52. The molecular weight excluding hydrogens is 372 g/mol. The average molecular weight is 401 g/mol. The maximum atomic E-state index is 6.00. The second-order valence-electron chi connectivity index (χ2n) is 9.13. The number of para-hydroxylation sites is 1. The monoisotopic (exact) mass is 400 g/mol. The van der Waals surface area contributed by atoms with Gasteiger partial charge < -0.3 is 14.5 Å². The predicted molar refractivity (Wildman–Crippen MR) is 121 cm³/mol. The van der Waals surface area contributed by atoms with Gasteiger partial charge in [-0.3, -0.25) is 4.98 Å². The number of aromatic nitrogens is 2. The molecular formula is C26H28N2O2. The molecule has 1 N–H and O–H groups in total. The molecule has 0 bridgehead atoms. The summed E-state index contributed by atoms with van der Waals surface area (Å²) in [6.07, 6.45) is 2.81. The van der Waals surface area contributed by atoms with Crippen LogP contribution in [0.3, 0.4) is 0 Å². The predicted octanol–water partition coefficient (Wildman–Crippen LogP) is 5.98. The Morgan fingerprint density at radius 3 is 2.57 bits per heavy atom. The fourth-order valence-corrected chi connectivity index (χ4v) is 4.94. The second kappa shape index (κ2) is 7.13. The number of H-pyrrole nitrogens is 1. The highest BCUT2D eigenvalue weighted by Crippen LogP contribution is 2.46. The lowest BCUT2D eigenvalue weighted by molar-refractivity contribution is 0.0504. The van der Waals surface area contributed by atoms with E-state index in [-0.39, 0.29) is 11.5 Å². The standard InChI is InChI=1S/C26H28N2O2/c1-26(2)14-21-24(22(15-26)30-4)23-18-7-5-6-8-19(18)28-25(23)20(27-21)13-16-9-11-17(29-3)12-10-16/h5-12,22,28H,13-15H2,1-4H3. The third kappa shape index (κ3) is 3.16. The van der Waals surface area contributed by atoms with Crippen molar-refractivity contribution in [1.82, 2.24) is 9.97 Å². The van der Waals surface area contributed by atoms with Crippen molar-refractivity contribution in [2.75, 3.05) is 14.2 Å². The first kappa shape index (κ1) is 19.1. The maximum absolute atomic E-state index is 6.00. The first-order chi connectivity index (χ1) is 14.5. The van der Waals surface area contributed by atoms with Crippen LogP contribution in [-0.2, 0) is 17.6 Å². The number of methoxy groups -OCH3 is 2. The minimum Gasteiger partial charge on any atom is -0.497 e. The zero-order chi connectivity index (χ0) is 20.9. The van der Waals surface area contributed by atoms with Crippen LogP contribution in [0.5, 0.6) is 5.75 Å². The van der Waals surface area contributed by atoms with Crippen molar-refractivity contribution in [2.45, 2.75) is 39.2 Å². The number of hydrogen-bond acceptors (Lipinski definition) is 3. The van der Waals surface area contributed by atoms with Crippen LogP contribution in [0.2, 0.25) is 0 Å². The molecule has 0 amide bonds. The van der Waals surface area contributed by atoms with Crippen LogP contribution in [-0.4, -0.2) is 24.2 Å². The van der Waals surface area contributed by atoms with Crippen molar-refractivity contribution >= 4 is 21.8 Å². The SMILES string of the molecule is COc1ccc(Cc2nc3c(c4c2[nH]c2ccccc24)C(OC)CC(C)(C)C3)cc1. The first-order valence-electron chi connectivity index (χ1n) is 10.6. The van der Waals surface area contributed by atoms with E-state index in [4.69, 9.17) is 14.5 Å².